The van der Waals surface area contributed by atoms with E-state index in [9.17, 15) is 0 Å². The minimum Gasteiger partial charge on any atom is -0.370 e. The Morgan fingerprint density at radius 3 is 2.62 bits per heavy atom. The van der Waals surface area contributed by atoms with E-state index in [1.165, 1.54) is 25.7 Å². The summed E-state index contributed by atoms with van der Waals surface area (Å²) in [7, 11) is 0. The molecule has 3 rings (SSSR count). The van der Waals surface area contributed by atoms with E-state index in [1.807, 2.05) is 6.92 Å². The molecule has 0 aromatic carbocycles. The van der Waals surface area contributed by atoms with Gasteiger partial charge in [0.2, 0.25) is 11.7 Å². The number of ether oxygens (including phenoxy) is 1. The molecule has 21 heavy (non-hydrogen) atoms. The van der Waals surface area contributed by atoms with Crippen molar-refractivity contribution < 1.29 is 9.26 Å². The summed E-state index contributed by atoms with van der Waals surface area (Å²) < 4.78 is 11.2. The molecule has 0 aliphatic carbocycles. The summed E-state index contributed by atoms with van der Waals surface area (Å²) in [4.78, 5) is 4.59. The number of hydrogen-bond acceptors (Lipinski definition) is 5. The minimum atomic E-state index is -0.0586. The van der Waals surface area contributed by atoms with E-state index < -0.39 is 0 Å². The molecule has 5 heteroatoms. The quantitative estimate of drug-likeness (QED) is 0.874. The van der Waals surface area contributed by atoms with Crippen molar-refractivity contribution in [1.82, 2.24) is 15.5 Å². The lowest BCUT2D eigenvalue weighted by Crippen LogP contribution is -2.38. The molecule has 1 aromatic rings. The van der Waals surface area contributed by atoms with Crippen LogP contribution in [0.4, 0.5) is 0 Å². The third-order valence-electron chi connectivity index (χ3n) is 4.72. The number of rotatable bonds is 6. The van der Waals surface area contributed by atoms with Gasteiger partial charge in [-0.25, -0.2) is 0 Å². The van der Waals surface area contributed by atoms with E-state index >= 15 is 0 Å². The number of piperidine rings is 1. The fourth-order valence-corrected chi connectivity index (χ4v) is 3.80. The van der Waals surface area contributed by atoms with Gasteiger partial charge in [-0.15, -0.1) is 0 Å². The molecule has 2 aliphatic rings. The van der Waals surface area contributed by atoms with Crippen LogP contribution >= 0.6 is 0 Å². The Bertz CT molecular complexity index is 448. The van der Waals surface area contributed by atoms with Crippen LogP contribution in [0.3, 0.4) is 0 Å². The Hall–Kier alpha value is -0.940. The van der Waals surface area contributed by atoms with Crippen LogP contribution in [0.15, 0.2) is 4.52 Å². The van der Waals surface area contributed by atoms with Crippen molar-refractivity contribution in [1.29, 1.82) is 0 Å². The largest absolute Gasteiger partial charge is 0.370 e. The highest BCUT2D eigenvalue weighted by Gasteiger charge is 2.34. The first-order valence-electron chi connectivity index (χ1n) is 8.35. The van der Waals surface area contributed by atoms with E-state index in [4.69, 9.17) is 9.26 Å². The van der Waals surface area contributed by atoms with E-state index in [0.717, 1.165) is 12.3 Å². The van der Waals surface area contributed by atoms with E-state index in [0.29, 0.717) is 36.4 Å². The molecule has 3 heterocycles. The van der Waals surface area contributed by atoms with E-state index in [-0.39, 0.29) is 6.10 Å². The van der Waals surface area contributed by atoms with Gasteiger partial charge in [0, 0.05) is 25.1 Å². The highest BCUT2D eigenvalue weighted by atomic mass is 16.5. The standard InChI is InChI=1S/C16H27N3O2/c1-4-20-15(10(2)3)16-18-14(21-19-16)9-11-7-12-5-6-13(8-11)17-12/h10-13,15,17H,4-9H2,1-3H3. The average Bonchev–Trinajstić information content (AvgIpc) is 3.02. The van der Waals surface area contributed by atoms with Crippen LogP contribution in [-0.4, -0.2) is 28.8 Å². The molecule has 0 spiro atoms. The summed E-state index contributed by atoms with van der Waals surface area (Å²) in [5.41, 5.74) is 0. The molecule has 0 amide bonds. The smallest absolute Gasteiger partial charge is 0.227 e. The summed E-state index contributed by atoms with van der Waals surface area (Å²) in [5.74, 6) is 2.52. The maximum atomic E-state index is 5.74. The van der Waals surface area contributed by atoms with Crippen LogP contribution in [0.5, 0.6) is 0 Å². The molecule has 0 radical (unpaired) electrons. The van der Waals surface area contributed by atoms with Crippen molar-refractivity contribution in [3.8, 4) is 0 Å². The first-order chi connectivity index (χ1) is 10.2. The van der Waals surface area contributed by atoms with Gasteiger partial charge in [0.05, 0.1) is 0 Å². The van der Waals surface area contributed by atoms with Crippen LogP contribution in [0, 0.1) is 11.8 Å². The Morgan fingerprint density at radius 1 is 1.29 bits per heavy atom. The number of nitrogens with one attached hydrogen (secondary N) is 1. The van der Waals surface area contributed by atoms with Gasteiger partial charge >= 0.3 is 0 Å². The van der Waals surface area contributed by atoms with Gasteiger partial charge in [0.15, 0.2) is 0 Å². The van der Waals surface area contributed by atoms with Gasteiger partial charge in [0.25, 0.3) is 0 Å². The van der Waals surface area contributed by atoms with E-state index in [2.05, 4.69) is 29.3 Å². The molecule has 1 aromatic heterocycles. The monoisotopic (exact) mass is 293 g/mol. The van der Waals surface area contributed by atoms with E-state index in [1.54, 1.807) is 0 Å². The van der Waals surface area contributed by atoms with Crippen molar-refractivity contribution >= 4 is 0 Å². The molecular formula is C16H27N3O2. The zero-order valence-electron chi connectivity index (χ0n) is 13.3. The third-order valence-corrected chi connectivity index (χ3v) is 4.72. The van der Waals surface area contributed by atoms with Crippen LogP contribution in [0.1, 0.15) is 64.3 Å². The predicted octanol–water partition coefficient (Wildman–Crippen LogP) is 2.88. The average molecular weight is 293 g/mol. The van der Waals surface area contributed by atoms with Crippen LogP contribution < -0.4 is 5.32 Å². The normalized spacial score (nSPS) is 30.0. The lowest BCUT2D eigenvalue weighted by Gasteiger charge is -2.28. The molecule has 2 bridgehead atoms. The van der Waals surface area contributed by atoms with Crippen molar-refractivity contribution in [2.24, 2.45) is 11.8 Å². The van der Waals surface area contributed by atoms with Crippen LogP contribution in [0.25, 0.3) is 0 Å². The molecular weight excluding hydrogens is 266 g/mol. The summed E-state index contributed by atoms with van der Waals surface area (Å²) >= 11 is 0. The van der Waals surface area contributed by atoms with Crippen molar-refractivity contribution in [2.45, 2.75) is 71.1 Å². The second-order valence-corrected chi connectivity index (χ2v) is 6.85. The first-order valence-corrected chi connectivity index (χ1v) is 8.35. The highest BCUT2D eigenvalue weighted by molar-refractivity contribution is 4.97. The van der Waals surface area contributed by atoms with Crippen molar-refractivity contribution in [3.63, 3.8) is 0 Å². The first kappa shape index (κ1) is 15.0. The fourth-order valence-electron chi connectivity index (χ4n) is 3.80. The Labute approximate surface area is 126 Å². The predicted molar refractivity (Wildman–Crippen MR) is 79.9 cm³/mol. The maximum absolute atomic E-state index is 5.74. The van der Waals surface area contributed by atoms with Crippen molar-refractivity contribution in [3.05, 3.63) is 11.7 Å². The van der Waals surface area contributed by atoms with Gasteiger partial charge in [-0.05, 0) is 44.4 Å². The molecule has 3 unspecified atom stereocenters. The summed E-state index contributed by atoms with van der Waals surface area (Å²) in [5, 5.41) is 7.82. The molecule has 118 valence electrons. The zero-order valence-corrected chi connectivity index (χ0v) is 13.3. The molecule has 0 saturated carbocycles. The lowest BCUT2D eigenvalue weighted by atomic mass is 9.90. The second-order valence-electron chi connectivity index (χ2n) is 6.85. The molecule has 1 N–H and O–H groups in total. The highest BCUT2D eigenvalue weighted by Crippen LogP contribution is 2.33. The number of nitrogens with zero attached hydrogens (tertiary/aromatic N) is 2. The number of hydrogen-bond donors (Lipinski definition) is 1. The Morgan fingerprint density at radius 2 is 2.00 bits per heavy atom. The van der Waals surface area contributed by atoms with Gasteiger partial charge in [-0.2, -0.15) is 4.98 Å². The molecule has 2 aliphatic heterocycles. The van der Waals surface area contributed by atoms with Gasteiger partial charge < -0.3 is 14.6 Å². The second kappa shape index (κ2) is 6.44. The molecule has 5 nitrogen and oxygen atoms in total. The molecule has 2 fully saturated rings. The van der Waals surface area contributed by atoms with Crippen LogP contribution in [0.2, 0.25) is 0 Å². The summed E-state index contributed by atoms with van der Waals surface area (Å²) in [6, 6.07) is 1.42. The van der Waals surface area contributed by atoms with Gasteiger partial charge in [-0.3, -0.25) is 0 Å². The Kier molecular flexibility index (Phi) is 4.60. The Balaban J connectivity index is 1.62. The topological polar surface area (TPSA) is 60.2 Å². The molecule has 3 atom stereocenters. The minimum absolute atomic E-state index is 0.0586. The third kappa shape index (κ3) is 3.46. The fraction of sp³-hybridized carbons (Fsp3) is 0.875. The van der Waals surface area contributed by atoms with Crippen LogP contribution in [-0.2, 0) is 11.2 Å². The number of aromatic nitrogens is 2. The summed E-state index contributed by atoms with van der Waals surface area (Å²) in [6.07, 6.45) is 6.00. The van der Waals surface area contributed by atoms with Gasteiger partial charge in [-0.1, -0.05) is 19.0 Å². The summed E-state index contributed by atoms with van der Waals surface area (Å²) in [6.45, 7) is 6.92. The lowest BCUT2D eigenvalue weighted by molar-refractivity contribution is 0.0217. The zero-order chi connectivity index (χ0) is 14.8. The van der Waals surface area contributed by atoms with Gasteiger partial charge in [0.1, 0.15) is 6.10 Å². The maximum Gasteiger partial charge on any atom is 0.227 e. The van der Waals surface area contributed by atoms with Crippen molar-refractivity contribution in [2.75, 3.05) is 6.61 Å². The number of fused-ring (bicyclic) bond motifs is 2. The SMILES string of the molecule is CCOC(c1noc(CC2CC3CCC(C2)N3)n1)C(C)C. The molecule has 2 saturated heterocycles.